The molecule has 0 bridgehead atoms. The largest absolute Gasteiger partial charge is 0.423 e. The van der Waals surface area contributed by atoms with Gasteiger partial charge in [-0.15, -0.1) is 0 Å². The first-order chi connectivity index (χ1) is 11.2. The van der Waals surface area contributed by atoms with Gasteiger partial charge in [0.1, 0.15) is 11.3 Å². The van der Waals surface area contributed by atoms with E-state index in [9.17, 15) is 4.39 Å². The highest BCUT2D eigenvalue weighted by molar-refractivity contribution is 7.59. The Morgan fingerprint density at radius 3 is 2.27 bits per heavy atom. The van der Waals surface area contributed by atoms with E-state index in [0.29, 0.717) is 23.7 Å². The lowest BCUT2D eigenvalue weighted by Gasteiger charge is -2.02. The van der Waals surface area contributed by atoms with Gasteiger partial charge in [0, 0.05) is 22.6 Å². The molecular formula is C17H33FN4O3S. The van der Waals surface area contributed by atoms with E-state index in [1.165, 1.54) is 12.1 Å². The average molecular weight is 393 g/mol. The van der Waals surface area contributed by atoms with Gasteiger partial charge in [-0.05, 0) is 42.8 Å². The van der Waals surface area contributed by atoms with Crippen molar-refractivity contribution in [1.82, 2.24) is 4.98 Å². The normalized spacial score (nSPS) is 9.08. The van der Waals surface area contributed by atoms with Crippen molar-refractivity contribution in [1.29, 1.82) is 0 Å². The monoisotopic (exact) mass is 392 g/mol. The predicted octanol–water partition coefficient (Wildman–Crippen LogP) is 2.73. The Kier molecular flexibility index (Phi) is 13.1. The summed E-state index contributed by atoms with van der Waals surface area (Å²) < 4.78 is 18.5. The third-order valence-corrected chi connectivity index (χ3v) is 3.08. The number of nitrogens with two attached hydrogens (primary N) is 2. The minimum absolute atomic E-state index is 0. The molecule has 7 nitrogen and oxygen atoms in total. The molecule has 152 valence electrons. The Balaban J connectivity index is -0.000000178. The van der Waals surface area contributed by atoms with Crippen LogP contribution in [0.1, 0.15) is 23.2 Å². The Morgan fingerprint density at radius 2 is 1.73 bits per heavy atom. The van der Waals surface area contributed by atoms with Crippen molar-refractivity contribution in [3.05, 3.63) is 53.8 Å². The molecule has 1 heterocycles. The number of rotatable bonds is 4. The van der Waals surface area contributed by atoms with Crippen molar-refractivity contribution in [3.63, 3.8) is 0 Å². The maximum absolute atomic E-state index is 13.0. The summed E-state index contributed by atoms with van der Waals surface area (Å²) in [5.74, 6) is -0.345. The second-order valence-corrected chi connectivity index (χ2v) is 4.95. The van der Waals surface area contributed by atoms with Crippen molar-refractivity contribution >= 4 is 36.3 Å². The molecule has 0 atom stereocenters. The van der Waals surface area contributed by atoms with Crippen LogP contribution in [-0.4, -0.2) is 22.5 Å². The third kappa shape index (κ3) is 7.38. The fourth-order valence-corrected chi connectivity index (χ4v) is 1.80. The number of anilines is 2. The lowest BCUT2D eigenvalue weighted by atomic mass is 10.2. The van der Waals surface area contributed by atoms with E-state index in [4.69, 9.17) is 15.9 Å². The molecule has 2 aromatic carbocycles. The van der Waals surface area contributed by atoms with Crippen LogP contribution in [0.2, 0.25) is 0 Å². The number of oxazole rings is 1. The van der Waals surface area contributed by atoms with Gasteiger partial charge < -0.3 is 32.2 Å². The number of nitrogens with one attached hydrogen (secondary N) is 1. The van der Waals surface area contributed by atoms with E-state index in [2.05, 4.69) is 17.2 Å². The van der Waals surface area contributed by atoms with E-state index in [-0.39, 0.29) is 34.5 Å². The summed E-state index contributed by atoms with van der Waals surface area (Å²) in [6.07, 6.45) is 1.10. The van der Waals surface area contributed by atoms with Crippen LogP contribution >= 0.6 is 13.5 Å². The Hall–Kier alpha value is -2.17. The van der Waals surface area contributed by atoms with E-state index >= 15 is 0 Å². The maximum Gasteiger partial charge on any atom is 0.300 e. The van der Waals surface area contributed by atoms with Crippen LogP contribution in [0.4, 0.5) is 16.1 Å². The van der Waals surface area contributed by atoms with Crippen molar-refractivity contribution in [2.45, 2.75) is 19.9 Å². The van der Waals surface area contributed by atoms with Crippen molar-refractivity contribution in [2.75, 3.05) is 11.9 Å². The zero-order chi connectivity index (χ0) is 16.7. The number of hydrogen-bond donors (Lipinski definition) is 3. The zero-order valence-corrected chi connectivity index (χ0v) is 15.6. The number of aromatic nitrogens is 1. The van der Waals surface area contributed by atoms with E-state index in [1.54, 1.807) is 6.07 Å². The number of hydrogen-bond acceptors (Lipinski definition) is 5. The smallest absolute Gasteiger partial charge is 0.300 e. The van der Waals surface area contributed by atoms with Gasteiger partial charge in [0.15, 0.2) is 5.58 Å². The fraction of sp³-hybridized carbons (Fsp3) is 0.235. The number of benzene rings is 2. The van der Waals surface area contributed by atoms with Crippen molar-refractivity contribution in [3.8, 4) is 0 Å². The van der Waals surface area contributed by atoms with E-state index in [1.807, 2.05) is 24.3 Å². The van der Waals surface area contributed by atoms with Gasteiger partial charge >= 0.3 is 0 Å². The zero-order valence-electron chi connectivity index (χ0n) is 14.6. The van der Waals surface area contributed by atoms with Gasteiger partial charge in [0.25, 0.3) is 6.01 Å². The highest BCUT2D eigenvalue weighted by Gasteiger charge is 2.06. The van der Waals surface area contributed by atoms with Gasteiger partial charge in [-0.3, -0.25) is 0 Å². The molecule has 0 saturated carbocycles. The van der Waals surface area contributed by atoms with E-state index in [0.717, 1.165) is 24.2 Å². The predicted molar refractivity (Wildman–Crippen MR) is 115 cm³/mol. The summed E-state index contributed by atoms with van der Waals surface area (Å²) in [7, 11) is 0. The van der Waals surface area contributed by atoms with Gasteiger partial charge in [-0.25, -0.2) is 4.39 Å². The molecule has 0 spiro atoms. The molecule has 26 heavy (non-hydrogen) atoms. The quantitative estimate of drug-likeness (QED) is 0.623. The van der Waals surface area contributed by atoms with Gasteiger partial charge in [0.05, 0.1) is 0 Å². The molecule has 0 saturated heterocycles. The summed E-state index contributed by atoms with van der Waals surface area (Å²) in [4.78, 5) is 4.22. The molecule has 0 amide bonds. The van der Waals surface area contributed by atoms with Crippen molar-refractivity contribution in [2.24, 2.45) is 11.5 Å². The summed E-state index contributed by atoms with van der Waals surface area (Å²) in [6.45, 7) is 3.38. The number of fused-ring (bicyclic) bond motifs is 1. The molecule has 0 unspecified atom stereocenters. The fourth-order valence-electron chi connectivity index (χ4n) is 1.80. The van der Waals surface area contributed by atoms with Crippen LogP contribution in [0.5, 0.6) is 0 Å². The second kappa shape index (κ2) is 13.1. The van der Waals surface area contributed by atoms with Gasteiger partial charge in [-0.1, -0.05) is 19.1 Å². The lowest BCUT2D eigenvalue weighted by molar-refractivity contribution is 0.604. The molecule has 0 fully saturated rings. The molecule has 3 rings (SSSR count). The summed E-state index contributed by atoms with van der Waals surface area (Å²) in [6, 6.07) is 12.2. The molecule has 0 aliphatic rings. The van der Waals surface area contributed by atoms with Crippen LogP contribution < -0.4 is 16.8 Å². The van der Waals surface area contributed by atoms with Crippen LogP contribution in [0.3, 0.4) is 0 Å². The highest BCUT2D eigenvalue weighted by Crippen LogP contribution is 2.22. The Bertz CT molecular complexity index is 765. The first-order valence-electron chi connectivity index (χ1n) is 7.48. The Labute approximate surface area is 163 Å². The van der Waals surface area contributed by atoms with Gasteiger partial charge in [0.2, 0.25) is 0 Å². The van der Waals surface area contributed by atoms with Crippen LogP contribution in [0, 0.1) is 5.82 Å². The van der Waals surface area contributed by atoms with Crippen LogP contribution in [-0.2, 0) is 6.54 Å². The molecule has 3 aromatic rings. The minimum Gasteiger partial charge on any atom is -0.423 e. The minimum atomic E-state index is -0.345. The standard InChI is InChI=1S/C14H12FN3O.C3H9N.2H2O.H2S.3H2/c15-10-3-6-12-13(7-10)19-14(18-12)17-11-4-1-9(8-16)2-5-11;1-2-3-4;;;;;;/h1-7H,8,16H2,(H,17,18);2-4H2,1H3;3*1H2;3*1H. The molecular weight excluding hydrogens is 359 g/mol. The van der Waals surface area contributed by atoms with Crippen LogP contribution in [0.15, 0.2) is 46.9 Å². The molecule has 1 aromatic heterocycles. The molecule has 0 aliphatic carbocycles. The van der Waals surface area contributed by atoms with E-state index < -0.39 is 0 Å². The summed E-state index contributed by atoms with van der Waals surface area (Å²) >= 11 is 0. The first kappa shape index (κ1) is 26.1. The molecule has 0 radical (unpaired) electrons. The number of halogens is 1. The molecule has 9 heteroatoms. The average Bonchev–Trinajstić information content (AvgIpc) is 2.97. The maximum atomic E-state index is 13.0. The summed E-state index contributed by atoms with van der Waals surface area (Å²) in [5, 5.41) is 3.02. The third-order valence-electron chi connectivity index (χ3n) is 3.08. The highest BCUT2D eigenvalue weighted by atomic mass is 32.1. The van der Waals surface area contributed by atoms with Crippen LogP contribution in [0.25, 0.3) is 11.1 Å². The Morgan fingerprint density at radius 1 is 1.12 bits per heavy atom. The van der Waals surface area contributed by atoms with Gasteiger partial charge in [-0.2, -0.15) is 18.5 Å². The second-order valence-electron chi connectivity index (χ2n) is 4.95. The topological polar surface area (TPSA) is 153 Å². The SMILES string of the molecule is CCCN.NCc1ccc(Nc2nc3ccc(F)cc3o2)cc1.O.O.S.[HH].[HH].[HH]. The first-order valence-corrected chi connectivity index (χ1v) is 7.48. The lowest BCUT2D eigenvalue weighted by Crippen LogP contribution is -1.96. The summed E-state index contributed by atoms with van der Waals surface area (Å²) in [5.41, 5.74) is 13.5. The van der Waals surface area contributed by atoms with Crippen molar-refractivity contribution < 1.29 is 24.0 Å². The molecule has 9 N–H and O–H groups in total. The molecule has 0 aliphatic heterocycles. The number of nitrogens with zero attached hydrogens (tertiary/aromatic N) is 1.